The molecule has 0 aliphatic carbocycles. The quantitative estimate of drug-likeness (QED) is 0.437. The third-order valence-electron chi connectivity index (χ3n) is 2.96. The molecule has 4 nitrogen and oxygen atoms in total. The maximum atomic E-state index is 8.50. The standard InChI is InChI=1S/C12H16N4/c1-10-12(14-15-13)7-8-16(10)9-11-5-3-2-4-6-11/h2-6,10,12H,7-9H2,1H3/t10-,12+/m0/s1/i9D2. The van der Waals surface area contributed by atoms with Gasteiger partial charge in [0.15, 0.2) is 0 Å². The first-order valence-electron chi connectivity index (χ1n) is 6.44. The van der Waals surface area contributed by atoms with Crippen molar-refractivity contribution in [2.45, 2.75) is 31.9 Å². The van der Waals surface area contributed by atoms with Crippen molar-refractivity contribution in [1.82, 2.24) is 4.90 Å². The second-order valence-electron chi connectivity index (χ2n) is 3.97. The molecule has 0 unspecified atom stereocenters. The van der Waals surface area contributed by atoms with Gasteiger partial charge in [-0.2, -0.15) is 0 Å². The number of nitrogens with zero attached hydrogens (tertiary/aromatic N) is 4. The predicted octanol–water partition coefficient (Wildman–Crippen LogP) is 2.96. The van der Waals surface area contributed by atoms with Crippen LogP contribution in [0.5, 0.6) is 0 Å². The van der Waals surface area contributed by atoms with Gasteiger partial charge in [-0.1, -0.05) is 35.4 Å². The smallest absolute Gasteiger partial charge is 0.0539 e. The molecule has 0 saturated carbocycles. The number of likely N-dealkylation sites (tertiary alicyclic amines) is 1. The van der Waals surface area contributed by atoms with Crippen molar-refractivity contribution in [2.24, 2.45) is 5.11 Å². The van der Waals surface area contributed by atoms with Gasteiger partial charge < -0.3 is 0 Å². The molecule has 0 amide bonds. The van der Waals surface area contributed by atoms with Crippen LogP contribution in [0.1, 0.15) is 21.6 Å². The summed E-state index contributed by atoms with van der Waals surface area (Å²) in [4.78, 5) is 4.60. The van der Waals surface area contributed by atoms with Crippen LogP contribution < -0.4 is 0 Å². The summed E-state index contributed by atoms with van der Waals surface area (Å²) in [5, 5.41) is 3.73. The van der Waals surface area contributed by atoms with Crippen molar-refractivity contribution < 1.29 is 2.74 Å². The minimum atomic E-state index is -1.53. The highest BCUT2D eigenvalue weighted by molar-refractivity contribution is 5.15. The molecule has 0 bridgehead atoms. The molecule has 0 aromatic heterocycles. The van der Waals surface area contributed by atoms with Crippen LogP contribution in [0.4, 0.5) is 0 Å². The summed E-state index contributed by atoms with van der Waals surface area (Å²) in [6, 6.07) is 8.87. The van der Waals surface area contributed by atoms with Crippen LogP contribution in [-0.2, 0) is 6.50 Å². The number of rotatable bonds is 3. The zero-order valence-corrected chi connectivity index (χ0v) is 9.24. The summed E-state index contributed by atoms with van der Waals surface area (Å²) >= 11 is 0. The van der Waals surface area contributed by atoms with Crippen LogP contribution in [0, 0.1) is 0 Å². The average Bonchev–Trinajstić information content (AvgIpc) is 2.73. The third-order valence-corrected chi connectivity index (χ3v) is 2.96. The van der Waals surface area contributed by atoms with Crippen molar-refractivity contribution in [1.29, 1.82) is 0 Å². The molecule has 1 heterocycles. The molecule has 2 rings (SSSR count). The van der Waals surface area contributed by atoms with Gasteiger partial charge in [0.1, 0.15) is 0 Å². The minimum Gasteiger partial charge on any atom is -0.296 e. The third kappa shape index (κ3) is 2.35. The number of hydrogen-bond acceptors (Lipinski definition) is 2. The molecule has 1 fully saturated rings. The SMILES string of the molecule is [2H]C([2H])(c1ccccc1)N1CC[C@@H](N=[N+]=[N-])[C@@H]1C. The zero-order chi connectivity index (χ0) is 13.2. The van der Waals surface area contributed by atoms with Crippen LogP contribution in [0.15, 0.2) is 35.4 Å². The first-order valence-corrected chi connectivity index (χ1v) is 5.44. The van der Waals surface area contributed by atoms with Crippen LogP contribution in [0.3, 0.4) is 0 Å². The fraction of sp³-hybridized carbons (Fsp3) is 0.500. The molecule has 2 atom stereocenters. The first kappa shape index (κ1) is 8.62. The Labute approximate surface area is 98.3 Å². The Kier molecular flexibility index (Phi) is 2.70. The predicted molar refractivity (Wildman–Crippen MR) is 63.9 cm³/mol. The molecule has 1 aromatic carbocycles. The van der Waals surface area contributed by atoms with E-state index in [0.29, 0.717) is 18.5 Å². The minimum absolute atomic E-state index is 0.0869. The van der Waals surface area contributed by atoms with E-state index >= 15 is 0 Å². The molecular weight excluding hydrogens is 200 g/mol. The molecule has 4 heteroatoms. The molecule has 1 saturated heterocycles. The molecule has 1 aromatic rings. The van der Waals surface area contributed by atoms with Crippen LogP contribution in [-0.4, -0.2) is 23.5 Å². The second-order valence-corrected chi connectivity index (χ2v) is 3.97. The highest BCUT2D eigenvalue weighted by Crippen LogP contribution is 2.22. The van der Waals surface area contributed by atoms with Crippen molar-refractivity contribution in [3.63, 3.8) is 0 Å². The van der Waals surface area contributed by atoms with E-state index in [1.807, 2.05) is 25.1 Å². The fourth-order valence-electron chi connectivity index (χ4n) is 1.98. The lowest BCUT2D eigenvalue weighted by Gasteiger charge is -2.22. The summed E-state index contributed by atoms with van der Waals surface area (Å²) in [6.45, 7) is 0.986. The normalized spacial score (nSPS) is 28.1. The molecular formula is C12H16N4. The summed E-state index contributed by atoms with van der Waals surface area (Å²) < 4.78 is 16.5. The maximum absolute atomic E-state index is 8.50. The molecule has 84 valence electrons. The van der Waals surface area contributed by atoms with Crippen LogP contribution in [0.2, 0.25) is 0 Å². The van der Waals surface area contributed by atoms with E-state index in [4.69, 9.17) is 8.27 Å². The van der Waals surface area contributed by atoms with Gasteiger partial charge in [0.25, 0.3) is 0 Å². The Hall–Kier alpha value is -1.51. The number of azide groups is 1. The summed E-state index contributed by atoms with van der Waals surface area (Å²) in [5.74, 6) is 0. The zero-order valence-electron chi connectivity index (χ0n) is 11.2. The Morgan fingerprint density at radius 2 is 2.31 bits per heavy atom. The topological polar surface area (TPSA) is 52.0 Å². The van der Waals surface area contributed by atoms with Crippen molar-refractivity contribution >= 4 is 0 Å². The highest BCUT2D eigenvalue weighted by Gasteiger charge is 2.29. The van der Waals surface area contributed by atoms with E-state index in [-0.39, 0.29) is 12.1 Å². The number of hydrogen-bond donors (Lipinski definition) is 0. The second kappa shape index (κ2) is 5.01. The van der Waals surface area contributed by atoms with E-state index in [1.165, 1.54) is 0 Å². The van der Waals surface area contributed by atoms with E-state index in [2.05, 4.69) is 10.0 Å². The largest absolute Gasteiger partial charge is 0.296 e. The lowest BCUT2D eigenvalue weighted by atomic mass is 10.1. The van der Waals surface area contributed by atoms with Gasteiger partial charge in [0, 0.05) is 20.2 Å². The summed E-state index contributed by atoms with van der Waals surface area (Å²) in [6.07, 6.45) is 0.706. The molecule has 16 heavy (non-hydrogen) atoms. The average molecular weight is 218 g/mol. The molecule has 1 aliphatic rings. The Morgan fingerprint density at radius 3 is 3.00 bits per heavy atom. The van der Waals surface area contributed by atoms with E-state index in [9.17, 15) is 0 Å². The van der Waals surface area contributed by atoms with E-state index in [1.54, 1.807) is 17.0 Å². The Balaban J connectivity index is 2.24. The van der Waals surface area contributed by atoms with Gasteiger partial charge in [-0.15, -0.1) is 0 Å². The molecule has 0 radical (unpaired) electrons. The highest BCUT2D eigenvalue weighted by atomic mass is 15.2. The maximum Gasteiger partial charge on any atom is 0.0539 e. The van der Waals surface area contributed by atoms with Gasteiger partial charge in [-0.05, 0) is 31.0 Å². The van der Waals surface area contributed by atoms with Gasteiger partial charge >= 0.3 is 0 Å². The van der Waals surface area contributed by atoms with Gasteiger partial charge in [-0.25, -0.2) is 0 Å². The van der Waals surface area contributed by atoms with Crippen molar-refractivity contribution in [3.8, 4) is 0 Å². The first-order chi connectivity index (χ1) is 8.57. The van der Waals surface area contributed by atoms with Gasteiger partial charge in [0.2, 0.25) is 0 Å². The monoisotopic (exact) mass is 218 g/mol. The van der Waals surface area contributed by atoms with E-state index < -0.39 is 6.50 Å². The lowest BCUT2D eigenvalue weighted by molar-refractivity contribution is 0.251. The van der Waals surface area contributed by atoms with Gasteiger partial charge in [0.05, 0.1) is 6.04 Å². The summed E-state index contributed by atoms with van der Waals surface area (Å²) in [5.41, 5.74) is 9.13. The van der Waals surface area contributed by atoms with E-state index in [0.717, 1.165) is 0 Å². The summed E-state index contributed by atoms with van der Waals surface area (Å²) in [7, 11) is 0. The molecule has 1 aliphatic heterocycles. The van der Waals surface area contributed by atoms with Crippen molar-refractivity contribution in [3.05, 3.63) is 46.3 Å². The number of benzene rings is 1. The van der Waals surface area contributed by atoms with Gasteiger partial charge in [-0.3, -0.25) is 4.90 Å². The molecule has 0 N–H and O–H groups in total. The van der Waals surface area contributed by atoms with Crippen LogP contribution >= 0.6 is 0 Å². The Morgan fingerprint density at radius 1 is 1.56 bits per heavy atom. The van der Waals surface area contributed by atoms with Crippen molar-refractivity contribution in [2.75, 3.05) is 6.54 Å². The van der Waals surface area contributed by atoms with Crippen LogP contribution in [0.25, 0.3) is 10.4 Å². The molecule has 0 spiro atoms. The fourth-order valence-corrected chi connectivity index (χ4v) is 1.98. The lowest BCUT2D eigenvalue weighted by Crippen LogP contribution is -2.30. The Bertz CT molecular complexity index is 456.